The van der Waals surface area contributed by atoms with Crippen LogP contribution in [0.15, 0.2) is 47.3 Å². The molecule has 1 aliphatic rings. The molecule has 7 nitrogen and oxygen atoms in total. The molecule has 0 saturated carbocycles. The number of rotatable bonds is 6. The Labute approximate surface area is 174 Å². The zero-order valence-electron chi connectivity index (χ0n) is 17.4. The number of amides is 1. The van der Waals surface area contributed by atoms with Crippen LogP contribution in [-0.4, -0.2) is 33.7 Å². The molecule has 0 aliphatic carbocycles. The van der Waals surface area contributed by atoms with Gasteiger partial charge in [-0.2, -0.15) is 0 Å². The van der Waals surface area contributed by atoms with Crippen LogP contribution in [0, 0.1) is 0 Å². The van der Waals surface area contributed by atoms with Crippen LogP contribution >= 0.6 is 0 Å². The lowest BCUT2D eigenvalue weighted by molar-refractivity contribution is 0.0690. The summed E-state index contributed by atoms with van der Waals surface area (Å²) in [5.41, 5.74) is 1.08. The van der Waals surface area contributed by atoms with Crippen molar-refractivity contribution in [3.63, 3.8) is 0 Å². The molecule has 1 amide bonds. The molecule has 3 aromatic rings. The molecule has 30 heavy (non-hydrogen) atoms. The molecule has 4 rings (SSSR count). The van der Waals surface area contributed by atoms with Gasteiger partial charge < -0.3 is 14.4 Å². The molecule has 1 aliphatic heterocycles. The molecule has 0 fully saturated rings. The van der Waals surface area contributed by atoms with Crippen molar-refractivity contribution in [2.24, 2.45) is 0 Å². The van der Waals surface area contributed by atoms with E-state index >= 15 is 0 Å². The largest absolute Gasteiger partial charge is 0.454 e. The van der Waals surface area contributed by atoms with Crippen LogP contribution in [0.2, 0.25) is 0 Å². The van der Waals surface area contributed by atoms with Gasteiger partial charge in [-0.15, -0.1) is 0 Å². The van der Waals surface area contributed by atoms with Gasteiger partial charge in [0.05, 0.1) is 16.9 Å². The number of fused-ring (bicyclic) bond motifs is 2. The van der Waals surface area contributed by atoms with Crippen molar-refractivity contribution in [1.29, 1.82) is 0 Å². The monoisotopic (exact) mass is 407 g/mol. The van der Waals surface area contributed by atoms with Crippen molar-refractivity contribution in [2.75, 3.05) is 13.3 Å². The van der Waals surface area contributed by atoms with Gasteiger partial charge in [0.15, 0.2) is 11.5 Å². The maximum atomic E-state index is 13.3. The first-order chi connectivity index (χ1) is 14.5. The molecule has 0 radical (unpaired) electrons. The van der Waals surface area contributed by atoms with Gasteiger partial charge >= 0.3 is 0 Å². The Morgan fingerprint density at radius 3 is 2.70 bits per heavy atom. The number of carbonyl (C=O) groups is 1. The van der Waals surface area contributed by atoms with Crippen molar-refractivity contribution in [1.82, 2.24) is 14.5 Å². The van der Waals surface area contributed by atoms with Gasteiger partial charge in [0.25, 0.3) is 11.5 Å². The second-order valence-electron chi connectivity index (χ2n) is 7.28. The first-order valence-corrected chi connectivity index (χ1v) is 10.2. The average Bonchev–Trinajstić information content (AvgIpc) is 3.24. The minimum absolute atomic E-state index is 0.0733. The molecule has 0 spiro atoms. The van der Waals surface area contributed by atoms with Crippen LogP contribution in [-0.2, 0) is 6.54 Å². The highest BCUT2D eigenvalue weighted by Gasteiger charge is 2.27. The number of hydrogen-bond donors (Lipinski definition) is 0. The van der Waals surface area contributed by atoms with Gasteiger partial charge in [0.1, 0.15) is 5.82 Å². The second kappa shape index (κ2) is 8.18. The van der Waals surface area contributed by atoms with Gasteiger partial charge in [-0.3, -0.25) is 14.2 Å². The van der Waals surface area contributed by atoms with Crippen LogP contribution in [0.1, 0.15) is 49.4 Å². The molecule has 2 heterocycles. The van der Waals surface area contributed by atoms with E-state index in [9.17, 15) is 9.59 Å². The van der Waals surface area contributed by atoms with Crippen molar-refractivity contribution in [3.8, 4) is 11.5 Å². The highest BCUT2D eigenvalue weighted by Crippen LogP contribution is 2.33. The number of para-hydroxylation sites is 1. The summed E-state index contributed by atoms with van der Waals surface area (Å²) in [6.45, 7) is 7.04. The summed E-state index contributed by atoms with van der Waals surface area (Å²) in [5.74, 6) is 1.65. The predicted octanol–water partition coefficient (Wildman–Crippen LogP) is 3.76. The van der Waals surface area contributed by atoms with E-state index in [0.717, 1.165) is 6.42 Å². The molecule has 2 aromatic carbocycles. The van der Waals surface area contributed by atoms with Gasteiger partial charge in [-0.05, 0) is 50.6 Å². The third-order valence-electron chi connectivity index (χ3n) is 5.40. The van der Waals surface area contributed by atoms with E-state index < -0.39 is 0 Å². The van der Waals surface area contributed by atoms with Crippen LogP contribution < -0.4 is 15.0 Å². The van der Waals surface area contributed by atoms with E-state index in [1.807, 2.05) is 39.0 Å². The Morgan fingerprint density at radius 1 is 1.17 bits per heavy atom. The summed E-state index contributed by atoms with van der Waals surface area (Å²) >= 11 is 0. The van der Waals surface area contributed by atoms with E-state index in [-0.39, 0.29) is 24.3 Å². The summed E-state index contributed by atoms with van der Waals surface area (Å²) in [4.78, 5) is 32.9. The van der Waals surface area contributed by atoms with Crippen LogP contribution in [0.25, 0.3) is 10.9 Å². The van der Waals surface area contributed by atoms with Crippen molar-refractivity contribution in [2.45, 2.75) is 39.8 Å². The number of carbonyl (C=O) groups excluding carboxylic acids is 1. The van der Waals surface area contributed by atoms with Crippen LogP contribution in [0.3, 0.4) is 0 Å². The normalized spacial score (nSPS) is 13.4. The Hall–Kier alpha value is -3.35. The summed E-state index contributed by atoms with van der Waals surface area (Å²) < 4.78 is 12.4. The molecule has 1 unspecified atom stereocenters. The van der Waals surface area contributed by atoms with Crippen LogP contribution in [0.5, 0.6) is 11.5 Å². The SMILES string of the molecule is CCCn1c(C(C)N(CC)C(=O)c2ccc3c(c2)OCO3)nc2ccccc2c1=O. The fraction of sp³-hybridized carbons (Fsp3) is 0.348. The molecule has 0 N–H and O–H groups in total. The van der Waals surface area contributed by atoms with E-state index in [1.165, 1.54) is 0 Å². The summed E-state index contributed by atoms with van der Waals surface area (Å²) in [6.07, 6.45) is 0.794. The number of aromatic nitrogens is 2. The number of benzene rings is 2. The first kappa shape index (κ1) is 19.9. The lowest BCUT2D eigenvalue weighted by atomic mass is 10.1. The zero-order chi connectivity index (χ0) is 21.3. The summed E-state index contributed by atoms with van der Waals surface area (Å²) in [7, 11) is 0. The summed E-state index contributed by atoms with van der Waals surface area (Å²) in [5, 5.41) is 0.590. The van der Waals surface area contributed by atoms with Crippen molar-refractivity contribution >= 4 is 16.8 Å². The van der Waals surface area contributed by atoms with Crippen molar-refractivity contribution < 1.29 is 14.3 Å². The second-order valence-corrected chi connectivity index (χ2v) is 7.28. The highest BCUT2D eigenvalue weighted by atomic mass is 16.7. The molecule has 0 saturated heterocycles. The summed E-state index contributed by atoms with van der Waals surface area (Å²) in [6, 6.07) is 12.1. The molecular formula is C23H25N3O4. The minimum atomic E-state index is -0.378. The van der Waals surface area contributed by atoms with Gasteiger partial charge in [-0.1, -0.05) is 19.1 Å². The topological polar surface area (TPSA) is 73.7 Å². The third kappa shape index (κ3) is 3.40. The maximum Gasteiger partial charge on any atom is 0.261 e. The molecule has 7 heteroatoms. The smallest absolute Gasteiger partial charge is 0.261 e. The van der Waals surface area contributed by atoms with Crippen molar-refractivity contribution in [3.05, 3.63) is 64.2 Å². The van der Waals surface area contributed by atoms with Crippen LogP contribution in [0.4, 0.5) is 0 Å². The average molecular weight is 407 g/mol. The van der Waals surface area contributed by atoms with Gasteiger partial charge in [0.2, 0.25) is 6.79 Å². The molecule has 156 valence electrons. The molecule has 1 aromatic heterocycles. The zero-order valence-corrected chi connectivity index (χ0v) is 17.4. The quantitative estimate of drug-likeness (QED) is 0.622. The third-order valence-corrected chi connectivity index (χ3v) is 5.40. The first-order valence-electron chi connectivity index (χ1n) is 10.2. The van der Waals surface area contributed by atoms with Gasteiger partial charge in [-0.25, -0.2) is 4.98 Å². The predicted molar refractivity (Wildman–Crippen MR) is 114 cm³/mol. The lowest BCUT2D eigenvalue weighted by Crippen LogP contribution is -2.37. The molecular weight excluding hydrogens is 382 g/mol. The fourth-order valence-electron chi connectivity index (χ4n) is 3.87. The van der Waals surface area contributed by atoms with E-state index in [0.29, 0.717) is 46.9 Å². The standard InChI is InChI=1S/C23H25N3O4/c1-4-12-26-21(24-18-9-7-6-8-17(18)23(26)28)15(3)25(5-2)22(27)16-10-11-19-20(13-16)30-14-29-19/h6-11,13,15H,4-5,12,14H2,1-3H3. The maximum absolute atomic E-state index is 13.3. The Morgan fingerprint density at radius 2 is 1.93 bits per heavy atom. The molecule has 1 atom stereocenters. The fourth-order valence-corrected chi connectivity index (χ4v) is 3.87. The van der Waals surface area contributed by atoms with E-state index in [4.69, 9.17) is 14.5 Å². The number of nitrogens with zero attached hydrogens (tertiary/aromatic N) is 3. The highest BCUT2D eigenvalue weighted by molar-refractivity contribution is 5.95. The lowest BCUT2D eigenvalue weighted by Gasteiger charge is -2.29. The molecule has 0 bridgehead atoms. The Kier molecular flexibility index (Phi) is 5.44. The Balaban J connectivity index is 1.75. The number of ether oxygens (including phenoxy) is 2. The number of hydrogen-bond acceptors (Lipinski definition) is 5. The minimum Gasteiger partial charge on any atom is -0.454 e. The van der Waals surface area contributed by atoms with Gasteiger partial charge in [0, 0.05) is 18.7 Å². The Bertz CT molecular complexity index is 1150. The van der Waals surface area contributed by atoms with E-state index in [1.54, 1.807) is 33.7 Å². The van der Waals surface area contributed by atoms with E-state index in [2.05, 4.69) is 0 Å².